The molecule has 0 spiro atoms. The largest absolute Gasteiger partial charge is 0.356 e. The van der Waals surface area contributed by atoms with Gasteiger partial charge in [0.25, 0.3) is 0 Å². The zero-order valence-electron chi connectivity index (χ0n) is 11.3. The van der Waals surface area contributed by atoms with E-state index in [1.165, 1.54) is 5.56 Å². The summed E-state index contributed by atoms with van der Waals surface area (Å²) < 4.78 is 0. The van der Waals surface area contributed by atoms with Gasteiger partial charge in [-0.1, -0.05) is 50.0 Å². The Kier molecular flexibility index (Phi) is 4.94. The van der Waals surface area contributed by atoms with E-state index in [2.05, 4.69) is 49.2 Å². The van der Waals surface area contributed by atoms with Crippen LogP contribution in [-0.4, -0.2) is 20.5 Å². The summed E-state index contributed by atoms with van der Waals surface area (Å²) in [6.07, 6.45) is 0.619. The molecule has 0 unspecified atom stereocenters. The molecule has 1 amide bonds. The van der Waals surface area contributed by atoms with Crippen LogP contribution in [0.5, 0.6) is 0 Å². The molecule has 0 aliphatic heterocycles. The van der Waals surface area contributed by atoms with Crippen LogP contribution in [0.3, 0.4) is 0 Å². The molecule has 2 nitrogen and oxygen atoms in total. The molecule has 0 bridgehead atoms. The van der Waals surface area contributed by atoms with Gasteiger partial charge in [0.05, 0.1) is 8.07 Å². The maximum atomic E-state index is 11.8. The first-order valence-electron chi connectivity index (χ1n) is 6.26. The molecule has 17 heavy (non-hydrogen) atoms. The Bertz CT molecular complexity index is 356. The van der Waals surface area contributed by atoms with E-state index >= 15 is 0 Å². The van der Waals surface area contributed by atoms with Crippen LogP contribution in [0.4, 0.5) is 0 Å². The monoisotopic (exact) mass is 249 g/mol. The van der Waals surface area contributed by atoms with Crippen molar-refractivity contribution in [2.24, 2.45) is 0 Å². The Balaban J connectivity index is 2.87. The molecule has 3 heteroatoms. The number of carbonyl (C=O) groups is 1. The zero-order chi connectivity index (χ0) is 12.9. The quantitative estimate of drug-likeness (QED) is 0.798. The van der Waals surface area contributed by atoms with Gasteiger partial charge in [0.15, 0.2) is 0 Å². The van der Waals surface area contributed by atoms with Gasteiger partial charge in [0.2, 0.25) is 5.91 Å². The van der Waals surface area contributed by atoms with Crippen LogP contribution < -0.4 is 5.32 Å². The maximum absolute atomic E-state index is 11.8. The molecule has 0 aliphatic carbocycles. The smallest absolute Gasteiger partial charge is 0.220 e. The van der Waals surface area contributed by atoms with E-state index in [9.17, 15) is 4.79 Å². The first-order chi connectivity index (χ1) is 7.95. The summed E-state index contributed by atoms with van der Waals surface area (Å²) >= 11 is 0. The van der Waals surface area contributed by atoms with E-state index in [-0.39, 0.29) is 5.91 Å². The number of hydrogen-bond donors (Lipinski definition) is 1. The molecular formula is C14H23NOSi. The number of carbonyl (C=O) groups excluding carboxylic acids is 1. The zero-order valence-corrected chi connectivity index (χ0v) is 12.3. The van der Waals surface area contributed by atoms with Crippen LogP contribution >= 0.6 is 0 Å². The number of hydrogen-bond acceptors (Lipinski definition) is 1. The molecule has 0 aromatic heterocycles. The first-order valence-corrected chi connectivity index (χ1v) is 9.84. The second-order valence-electron chi connectivity index (χ2n) is 5.49. The fraction of sp³-hybridized carbons (Fsp3) is 0.500. The number of amides is 1. The minimum atomic E-state index is -1.38. The van der Waals surface area contributed by atoms with Crippen LogP contribution in [-0.2, 0) is 4.79 Å². The van der Waals surface area contributed by atoms with Crippen molar-refractivity contribution in [1.29, 1.82) is 0 Å². The van der Waals surface area contributed by atoms with Crippen molar-refractivity contribution in [3.8, 4) is 0 Å². The van der Waals surface area contributed by atoms with Crippen molar-refractivity contribution in [2.75, 3.05) is 6.54 Å². The van der Waals surface area contributed by atoms with Crippen LogP contribution in [0.2, 0.25) is 19.6 Å². The average molecular weight is 249 g/mol. The first kappa shape index (κ1) is 14.0. The second-order valence-corrected chi connectivity index (χ2v) is 10.9. The average Bonchev–Trinajstić information content (AvgIpc) is 2.26. The van der Waals surface area contributed by atoms with Crippen molar-refractivity contribution in [3.05, 3.63) is 35.9 Å². The maximum Gasteiger partial charge on any atom is 0.220 e. The number of nitrogens with one attached hydrogen (secondary N) is 1. The molecule has 1 rings (SSSR count). The SMILES string of the molecule is CCNC(=O)C[C@H](c1ccccc1)[Si](C)(C)C. The van der Waals surface area contributed by atoms with Gasteiger partial charge in [-0.2, -0.15) is 0 Å². The van der Waals surface area contributed by atoms with Crippen molar-refractivity contribution >= 4 is 14.0 Å². The highest BCUT2D eigenvalue weighted by Gasteiger charge is 2.29. The van der Waals surface area contributed by atoms with Crippen molar-refractivity contribution in [3.63, 3.8) is 0 Å². The lowest BCUT2D eigenvalue weighted by molar-refractivity contribution is -0.121. The van der Waals surface area contributed by atoms with Gasteiger partial charge in [0, 0.05) is 13.0 Å². The Morgan fingerprint density at radius 2 is 1.82 bits per heavy atom. The summed E-state index contributed by atoms with van der Waals surface area (Å²) in [5.74, 6) is 0.170. The molecule has 1 N–H and O–H groups in total. The molecule has 94 valence electrons. The van der Waals surface area contributed by atoms with Crippen molar-refractivity contribution in [1.82, 2.24) is 5.32 Å². The third kappa shape index (κ3) is 4.34. The molecular weight excluding hydrogens is 226 g/mol. The highest BCUT2D eigenvalue weighted by molar-refractivity contribution is 6.77. The Hall–Kier alpha value is -1.09. The van der Waals surface area contributed by atoms with Gasteiger partial charge in [-0.3, -0.25) is 4.79 Å². The molecule has 1 aromatic rings. The molecule has 1 aromatic carbocycles. The Morgan fingerprint density at radius 3 is 2.29 bits per heavy atom. The van der Waals surface area contributed by atoms with E-state index in [1.54, 1.807) is 0 Å². The predicted octanol–water partition coefficient (Wildman–Crippen LogP) is 3.17. The van der Waals surface area contributed by atoms with Crippen molar-refractivity contribution < 1.29 is 4.79 Å². The van der Waals surface area contributed by atoms with E-state index < -0.39 is 8.07 Å². The third-order valence-corrected chi connectivity index (χ3v) is 5.64. The fourth-order valence-corrected chi connectivity index (χ4v) is 4.05. The van der Waals surface area contributed by atoms with Crippen molar-refractivity contribution in [2.45, 2.75) is 38.5 Å². The van der Waals surface area contributed by atoms with Gasteiger partial charge in [-0.15, -0.1) is 0 Å². The minimum absolute atomic E-state index is 0.170. The fourth-order valence-electron chi connectivity index (χ4n) is 2.06. The highest BCUT2D eigenvalue weighted by atomic mass is 28.3. The predicted molar refractivity (Wildman–Crippen MR) is 75.8 cm³/mol. The van der Waals surface area contributed by atoms with E-state index in [4.69, 9.17) is 0 Å². The molecule has 0 radical (unpaired) electrons. The summed E-state index contributed by atoms with van der Waals surface area (Å²) in [6, 6.07) is 10.4. The van der Waals surface area contributed by atoms with Crippen LogP contribution in [0.1, 0.15) is 24.4 Å². The minimum Gasteiger partial charge on any atom is -0.356 e. The molecule has 0 saturated heterocycles. The van der Waals surface area contributed by atoms with Crippen LogP contribution in [0.25, 0.3) is 0 Å². The van der Waals surface area contributed by atoms with E-state index in [0.717, 1.165) is 0 Å². The standard InChI is InChI=1S/C14H23NOSi/c1-5-15-14(16)11-13(17(2,3)4)12-9-7-6-8-10-12/h6-10,13H,5,11H2,1-4H3,(H,15,16)/t13-/m1/s1. The van der Waals surface area contributed by atoms with Gasteiger partial charge >= 0.3 is 0 Å². The van der Waals surface area contributed by atoms with Gasteiger partial charge in [-0.25, -0.2) is 0 Å². The second kappa shape index (κ2) is 6.01. The summed E-state index contributed by atoms with van der Waals surface area (Å²) in [6.45, 7) is 9.65. The van der Waals surface area contributed by atoms with Crippen LogP contribution in [0, 0.1) is 0 Å². The van der Waals surface area contributed by atoms with Gasteiger partial charge < -0.3 is 5.32 Å². The third-order valence-electron chi connectivity index (χ3n) is 3.01. The number of rotatable bonds is 5. The molecule has 0 heterocycles. The van der Waals surface area contributed by atoms with Gasteiger partial charge in [0.1, 0.15) is 0 Å². The summed E-state index contributed by atoms with van der Waals surface area (Å²) in [5.41, 5.74) is 1.70. The normalized spacial score (nSPS) is 13.2. The van der Waals surface area contributed by atoms with Crippen LogP contribution in [0.15, 0.2) is 30.3 Å². The topological polar surface area (TPSA) is 29.1 Å². The number of benzene rings is 1. The molecule has 1 atom stereocenters. The molecule has 0 aliphatic rings. The lowest BCUT2D eigenvalue weighted by Crippen LogP contribution is -2.35. The van der Waals surface area contributed by atoms with Gasteiger partial charge in [-0.05, 0) is 18.0 Å². The highest BCUT2D eigenvalue weighted by Crippen LogP contribution is 2.29. The van der Waals surface area contributed by atoms with E-state index in [1.807, 2.05) is 13.0 Å². The Labute approximate surface area is 105 Å². The Morgan fingerprint density at radius 1 is 1.24 bits per heavy atom. The summed E-state index contributed by atoms with van der Waals surface area (Å²) in [5, 5.41) is 2.90. The molecule has 0 saturated carbocycles. The lowest BCUT2D eigenvalue weighted by Gasteiger charge is -2.29. The summed E-state index contributed by atoms with van der Waals surface area (Å²) in [7, 11) is -1.38. The van der Waals surface area contributed by atoms with E-state index in [0.29, 0.717) is 18.5 Å². The molecule has 0 fully saturated rings. The summed E-state index contributed by atoms with van der Waals surface area (Å²) in [4.78, 5) is 11.8. The lowest BCUT2D eigenvalue weighted by atomic mass is 10.1.